The average Bonchev–Trinajstić information content (AvgIpc) is 1.95. The van der Waals surface area contributed by atoms with Gasteiger partial charge >= 0.3 is 0 Å². The molecule has 1 heterocycles. The Balaban J connectivity index is 2.93. The molecule has 0 saturated carbocycles. The number of rotatable bonds is 0. The summed E-state index contributed by atoms with van der Waals surface area (Å²) >= 11 is 0. The first-order valence-electron chi connectivity index (χ1n) is 3.03. The molecule has 10 heavy (non-hydrogen) atoms. The van der Waals surface area contributed by atoms with Gasteiger partial charge in [0.2, 0.25) is 0 Å². The van der Waals surface area contributed by atoms with E-state index in [4.69, 9.17) is 10.2 Å². The number of hydrogen-bond acceptors (Lipinski definition) is 4. The lowest BCUT2D eigenvalue weighted by atomic mass is 10.2. The summed E-state index contributed by atoms with van der Waals surface area (Å²) in [6.07, 6.45) is -2.20. The van der Waals surface area contributed by atoms with Crippen LogP contribution >= 0.6 is 0 Å². The molecule has 60 valence electrons. The molecule has 1 aliphatic rings. The van der Waals surface area contributed by atoms with E-state index in [1.807, 2.05) is 0 Å². The van der Waals surface area contributed by atoms with Gasteiger partial charge in [0.1, 0.15) is 0 Å². The highest BCUT2D eigenvalue weighted by Gasteiger charge is 2.42. The Morgan fingerprint density at radius 2 is 1.90 bits per heavy atom. The van der Waals surface area contributed by atoms with Gasteiger partial charge in [0.05, 0.1) is 23.2 Å². The maximum absolute atomic E-state index is 10.9. The third-order valence-corrected chi connectivity index (χ3v) is 4.06. The minimum atomic E-state index is -3.22. The second-order valence-electron chi connectivity index (χ2n) is 2.59. The van der Waals surface area contributed by atoms with Gasteiger partial charge in [-0.1, -0.05) is 0 Å². The fourth-order valence-electron chi connectivity index (χ4n) is 1.01. The van der Waals surface area contributed by atoms with Gasteiger partial charge in [0.25, 0.3) is 0 Å². The molecule has 1 rings (SSSR count). The third-order valence-electron chi connectivity index (χ3n) is 1.84. The molecule has 0 aromatic rings. The minimum absolute atomic E-state index is 0.310. The van der Waals surface area contributed by atoms with Crippen molar-refractivity contribution in [3.8, 4) is 0 Å². The zero-order valence-electron chi connectivity index (χ0n) is 5.56. The second kappa shape index (κ2) is 2.18. The van der Waals surface area contributed by atoms with E-state index in [2.05, 4.69) is 0 Å². The van der Waals surface area contributed by atoms with Crippen LogP contribution < -0.4 is 0 Å². The van der Waals surface area contributed by atoms with Crippen molar-refractivity contribution >= 4 is 9.84 Å². The normalized spacial score (nSPS) is 45.7. The van der Waals surface area contributed by atoms with Crippen LogP contribution in [0, 0.1) is 0 Å². The lowest BCUT2D eigenvalue weighted by Gasteiger charge is -2.07. The Labute approximate surface area is 59.4 Å². The number of hydrogen-bond donors (Lipinski definition) is 2. The Morgan fingerprint density at radius 1 is 1.40 bits per heavy atom. The Kier molecular flexibility index (Phi) is 1.74. The van der Waals surface area contributed by atoms with E-state index in [1.54, 1.807) is 0 Å². The molecule has 0 aromatic carbocycles. The van der Waals surface area contributed by atoms with Crippen molar-refractivity contribution in [3.05, 3.63) is 0 Å². The van der Waals surface area contributed by atoms with Crippen molar-refractivity contribution in [1.82, 2.24) is 0 Å². The van der Waals surface area contributed by atoms with Crippen molar-refractivity contribution in [3.63, 3.8) is 0 Å². The van der Waals surface area contributed by atoms with Crippen molar-refractivity contribution in [2.75, 3.05) is 5.75 Å². The molecule has 0 amide bonds. The lowest BCUT2D eigenvalue weighted by Crippen LogP contribution is -2.28. The summed E-state index contributed by atoms with van der Waals surface area (Å²) in [7, 11) is -3.22. The van der Waals surface area contributed by atoms with Crippen molar-refractivity contribution < 1.29 is 18.6 Å². The number of aliphatic hydroxyl groups is 2. The summed E-state index contributed by atoms with van der Waals surface area (Å²) in [6, 6.07) is 0. The van der Waals surface area contributed by atoms with E-state index in [1.165, 1.54) is 6.92 Å². The van der Waals surface area contributed by atoms with Crippen molar-refractivity contribution in [2.45, 2.75) is 24.4 Å². The highest BCUT2D eigenvalue weighted by Crippen LogP contribution is 2.20. The number of aliphatic hydroxyl groups excluding tert-OH is 2. The van der Waals surface area contributed by atoms with Crippen LogP contribution in [0.3, 0.4) is 0 Å². The smallest absolute Gasteiger partial charge is 0.158 e. The molecule has 0 bridgehead atoms. The Morgan fingerprint density at radius 3 is 2.00 bits per heavy atom. The topological polar surface area (TPSA) is 74.6 Å². The summed E-state index contributed by atoms with van der Waals surface area (Å²) in [6.45, 7) is 1.40. The first-order valence-corrected chi connectivity index (χ1v) is 4.74. The number of sulfone groups is 1. The zero-order valence-corrected chi connectivity index (χ0v) is 6.37. The molecule has 4 nitrogen and oxygen atoms in total. The predicted molar refractivity (Wildman–Crippen MR) is 35.3 cm³/mol. The van der Waals surface area contributed by atoms with Gasteiger partial charge in [0, 0.05) is 0 Å². The van der Waals surface area contributed by atoms with E-state index in [-0.39, 0.29) is 5.75 Å². The van der Waals surface area contributed by atoms with E-state index in [0.717, 1.165) is 0 Å². The summed E-state index contributed by atoms with van der Waals surface area (Å²) < 4.78 is 21.7. The fourth-order valence-corrected chi connectivity index (χ4v) is 2.60. The summed E-state index contributed by atoms with van der Waals surface area (Å²) in [5.41, 5.74) is 0. The quantitative estimate of drug-likeness (QED) is 0.460. The molecular weight excluding hydrogens is 156 g/mol. The van der Waals surface area contributed by atoms with Crippen LogP contribution in [-0.4, -0.2) is 41.8 Å². The van der Waals surface area contributed by atoms with Crippen molar-refractivity contribution in [1.29, 1.82) is 0 Å². The first kappa shape index (κ1) is 7.97. The predicted octanol–water partition coefficient (Wildman–Crippen LogP) is -1.47. The first-order chi connectivity index (χ1) is 4.45. The highest BCUT2D eigenvalue weighted by atomic mass is 32.2. The van der Waals surface area contributed by atoms with Gasteiger partial charge in [-0.3, -0.25) is 0 Å². The summed E-state index contributed by atoms with van der Waals surface area (Å²) in [5, 5.41) is 17.0. The van der Waals surface area contributed by atoms with E-state index in [0.29, 0.717) is 0 Å². The van der Waals surface area contributed by atoms with Crippen LogP contribution in [0.5, 0.6) is 0 Å². The van der Waals surface area contributed by atoms with Crippen LogP contribution in [0.2, 0.25) is 0 Å². The van der Waals surface area contributed by atoms with Gasteiger partial charge in [-0.15, -0.1) is 0 Å². The standard InChI is InChI=1S/C5H10O4S/c1-3-5(7)4(6)2-10(3,8)9/h3-7H,2H2,1H3. The molecule has 1 saturated heterocycles. The highest BCUT2D eigenvalue weighted by molar-refractivity contribution is 7.92. The van der Waals surface area contributed by atoms with E-state index >= 15 is 0 Å². The molecule has 0 aromatic heterocycles. The van der Waals surface area contributed by atoms with Crippen molar-refractivity contribution in [2.24, 2.45) is 0 Å². The maximum atomic E-state index is 10.9. The minimum Gasteiger partial charge on any atom is -0.389 e. The Hall–Kier alpha value is -0.130. The van der Waals surface area contributed by atoms with Gasteiger partial charge < -0.3 is 10.2 Å². The maximum Gasteiger partial charge on any atom is 0.158 e. The van der Waals surface area contributed by atoms with E-state index < -0.39 is 27.3 Å². The third kappa shape index (κ3) is 1.04. The molecule has 1 aliphatic heterocycles. The second-order valence-corrected chi connectivity index (χ2v) is 5.00. The van der Waals surface area contributed by atoms with Gasteiger partial charge in [-0.25, -0.2) is 8.42 Å². The molecule has 0 spiro atoms. The average molecular weight is 166 g/mol. The molecule has 3 atom stereocenters. The van der Waals surface area contributed by atoms with Crippen LogP contribution in [0.25, 0.3) is 0 Å². The Bertz CT molecular complexity index is 220. The van der Waals surface area contributed by atoms with Crippen LogP contribution in [0.4, 0.5) is 0 Å². The SMILES string of the molecule is CC1C(O)C(O)CS1(=O)=O. The van der Waals surface area contributed by atoms with Gasteiger partial charge in [-0.2, -0.15) is 0 Å². The largest absolute Gasteiger partial charge is 0.389 e. The molecule has 2 N–H and O–H groups in total. The fraction of sp³-hybridized carbons (Fsp3) is 1.00. The lowest BCUT2D eigenvalue weighted by molar-refractivity contribution is 0.0444. The van der Waals surface area contributed by atoms with Crippen LogP contribution in [0.1, 0.15) is 6.92 Å². The molecular formula is C5H10O4S. The van der Waals surface area contributed by atoms with Gasteiger partial charge in [0.15, 0.2) is 9.84 Å². The molecule has 0 aliphatic carbocycles. The molecule has 3 unspecified atom stereocenters. The zero-order chi connectivity index (χ0) is 7.94. The summed E-state index contributed by atoms with van der Waals surface area (Å²) in [4.78, 5) is 0. The van der Waals surface area contributed by atoms with E-state index in [9.17, 15) is 8.42 Å². The summed E-state index contributed by atoms with van der Waals surface area (Å²) in [5.74, 6) is -0.310. The molecule has 0 radical (unpaired) electrons. The van der Waals surface area contributed by atoms with Crippen LogP contribution in [0.15, 0.2) is 0 Å². The monoisotopic (exact) mass is 166 g/mol. The molecule has 1 fully saturated rings. The van der Waals surface area contributed by atoms with Crippen LogP contribution in [-0.2, 0) is 9.84 Å². The molecule has 5 heteroatoms. The van der Waals surface area contributed by atoms with Gasteiger partial charge in [-0.05, 0) is 6.92 Å².